The number of carbonyl (C=O) groups is 1. The molecule has 0 aromatic heterocycles. The summed E-state index contributed by atoms with van der Waals surface area (Å²) in [7, 11) is 1.59. The molecule has 0 saturated carbocycles. The van der Waals surface area contributed by atoms with E-state index in [-0.39, 0.29) is 29.5 Å². The van der Waals surface area contributed by atoms with E-state index in [4.69, 9.17) is 14.2 Å². The summed E-state index contributed by atoms with van der Waals surface area (Å²) in [5.41, 5.74) is 2.10. The number of methoxy groups -OCH3 is 1. The summed E-state index contributed by atoms with van der Waals surface area (Å²) in [6.07, 6.45) is 7.75. The zero-order valence-electron chi connectivity index (χ0n) is 16.4. The predicted octanol–water partition coefficient (Wildman–Crippen LogP) is 3.17. The van der Waals surface area contributed by atoms with Gasteiger partial charge in [0, 0.05) is 13.0 Å². The summed E-state index contributed by atoms with van der Waals surface area (Å²) in [6.45, 7) is 6.54. The number of carbonyl (C=O) groups excluding carboxylic acids is 1. The Hall–Kier alpha value is -1.17. The van der Waals surface area contributed by atoms with E-state index in [1.54, 1.807) is 7.11 Å². The molecule has 0 aromatic rings. The van der Waals surface area contributed by atoms with Gasteiger partial charge in [0.2, 0.25) is 0 Å². The summed E-state index contributed by atoms with van der Waals surface area (Å²) in [5, 5.41) is 10.8. The fourth-order valence-corrected chi connectivity index (χ4v) is 4.35. The number of rotatable bonds is 2. The summed E-state index contributed by atoms with van der Waals surface area (Å²) in [6, 6.07) is 0. The van der Waals surface area contributed by atoms with Gasteiger partial charge >= 0.3 is 5.97 Å². The van der Waals surface area contributed by atoms with Crippen LogP contribution in [-0.2, 0) is 19.0 Å². The van der Waals surface area contributed by atoms with Gasteiger partial charge in [-0.3, -0.25) is 4.79 Å². The van der Waals surface area contributed by atoms with Crippen molar-refractivity contribution in [2.75, 3.05) is 13.7 Å². The lowest BCUT2D eigenvalue weighted by Gasteiger charge is -2.25. The lowest BCUT2D eigenvalue weighted by atomic mass is 9.81. The van der Waals surface area contributed by atoms with Crippen LogP contribution >= 0.6 is 0 Å². The smallest absolute Gasteiger partial charge is 0.312 e. The first-order valence-electron chi connectivity index (χ1n) is 9.73. The Bertz CT molecular complexity index is 595. The summed E-state index contributed by atoms with van der Waals surface area (Å²) >= 11 is 0. The molecule has 5 nitrogen and oxygen atoms in total. The van der Waals surface area contributed by atoms with Crippen LogP contribution in [0.3, 0.4) is 0 Å². The van der Waals surface area contributed by atoms with Crippen LogP contribution in [0.25, 0.3) is 0 Å². The fourth-order valence-electron chi connectivity index (χ4n) is 4.35. The molecule has 2 aliphatic heterocycles. The first-order valence-corrected chi connectivity index (χ1v) is 9.73. The molecule has 1 aliphatic carbocycles. The molecule has 26 heavy (non-hydrogen) atoms. The Labute approximate surface area is 156 Å². The van der Waals surface area contributed by atoms with Gasteiger partial charge in [-0.2, -0.15) is 0 Å². The van der Waals surface area contributed by atoms with Crippen LogP contribution in [0.4, 0.5) is 0 Å². The standard InChI is InChI=1S/C21H32O5/c1-13-7-5-9-14(2)18(22)19-15(16(12-24-4)20(23)25-19)11-17-21(3,26-17)10-6-8-13/h8-9,15-19,22H,5-7,10-12H2,1-4H3/t15-,16-,17-,18-,19-,21-/m1/s1. The van der Waals surface area contributed by atoms with Gasteiger partial charge in [-0.1, -0.05) is 17.7 Å². The van der Waals surface area contributed by atoms with E-state index in [1.165, 1.54) is 5.57 Å². The summed E-state index contributed by atoms with van der Waals surface area (Å²) in [5.74, 6) is -0.693. The molecular weight excluding hydrogens is 332 g/mol. The second-order valence-electron chi connectivity index (χ2n) is 8.30. The predicted molar refractivity (Wildman–Crippen MR) is 98.6 cm³/mol. The first-order chi connectivity index (χ1) is 12.4. The third-order valence-corrected chi connectivity index (χ3v) is 6.28. The van der Waals surface area contributed by atoms with Crippen molar-refractivity contribution >= 4 is 5.97 Å². The zero-order valence-corrected chi connectivity index (χ0v) is 16.4. The van der Waals surface area contributed by atoms with E-state index < -0.39 is 12.2 Å². The minimum absolute atomic E-state index is 0.0900. The van der Waals surface area contributed by atoms with Crippen LogP contribution in [0.5, 0.6) is 0 Å². The van der Waals surface area contributed by atoms with Crippen LogP contribution in [0, 0.1) is 11.8 Å². The van der Waals surface area contributed by atoms with Gasteiger partial charge in [-0.15, -0.1) is 0 Å². The Morgan fingerprint density at radius 1 is 1.31 bits per heavy atom. The van der Waals surface area contributed by atoms with Gasteiger partial charge in [-0.25, -0.2) is 0 Å². The van der Waals surface area contributed by atoms with E-state index in [2.05, 4.69) is 26.0 Å². The molecule has 0 bridgehead atoms. The second-order valence-corrected chi connectivity index (χ2v) is 8.30. The molecule has 2 heterocycles. The van der Waals surface area contributed by atoms with Crippen molar-refractivity contribution in [1.82, 2.24) is 0 Å². The number of aliphatic hydroxyl groups excluding tert-OH is 1. The van der Waals surface area contributed by atoms with Crippen molar-refractivity contribution in [2.24, 2.45) is 11.8 Å². The Morgan fingerprint density at radius 3 is 2.81 bits per heavy atom. The Morgan fingerprint density at radius 2 is 2.08 bits per heavy atom. The van der Waals surface area contributed by atoms with Crippen molar-refractivity contribution in [1.29, 1.82) is 0 Å². The molecule has 0 amide bonds. The van der Waals surface area contributed by atoms with Crippen LogP contribution in [-0.4, -0.2) is 48.7 Å². The zero-order chi connectivity index (χ0) is 18.9. The lowest BCUT2D eigenvalue weighted by molar-refractivity contribution is -0.148. The first kappa shape index (κ1) is 19.6. The molecular formula is C21H32O5. The van der Waals surface area contributed by atoms with Crippen LogP contribution in [0.15, 0.2) is 23.3 Å². The maximum absolute atomic E-state index is 12.4. The molecule has 0 unspecified atom stereocenters. The molecule has 0 radical (unpaired) electrons. The third kappa shape index (κ3) is 4.05. The molecule has 146 valence electrons. The van der Waals surface area contributed by atoms with Gasteiger partial charge in [-0.05, 0) is 58.4 Å². The molecule has 2 saturated heterocycles. The van der Waals surface area contributed by atoms with Crippen molar-refractivity contribution in [3.05, 3.63) is 23.3 Å². The average Bonchev–Trinajstić information content (AvgIpc) is 3.12. The molecule has 1 N–H and O–H groups in total. The Balaban J connectivity index is 1.85. The van der Waals surface area contributed by atoms with Crippen molar-refractivity contribution < 1.29 is 24.1 Å². The number of fused-ring (bicyclic) bond motifs is 2. The highest BCUT2D eigenvalue weighted by Crippen LogP contribution is 2.48. The van der Waals surface area contributed by atoms with Gasteiger partial charge in [0.15, 0.2) is 0 Å². The summed E-state index contributed by atoms with van der Waals surface area (Å²) < 4.78 is 16.9. The molecule has 0 aromatic carbocycles. The van der Waals surface area contributed by atoms with Gasteiger partial charge in [0.1, 0.15) is 12.2 Å². The Kier molecular flexibility index (Phi) is 5.90. The number of aliphatic hydroxyl groups is 1. The molecule has 3 rings (SSSR count). The van der Waals surface area contributed by atoms with Gasteiger partial charge < -0.3 is 19.3 Å². The number of hydrogen-bond acceptors (Lipinski definition) is 5. The van der Waals surface area contributed by atoms with E-state index in [9.17, 15) is 9.90 Å². The van der Waals surface area contributed by atoms with Crippen molar-refractivity contribution in [3.8, 4) is 0 Å². The minimum Gasteiger partial charge on any atom is -0.459 e. The van der Waals surface area contributed by atoms with Crippen LogP contribution in [0.2, 0.25) is 0 Å². The maximum atomic E-state index is 12.4. The van der Waals surface area contributed by atoms with Crippen molar-refractivity contribution in [2.45, 2.75) is 76.8 Å². The third-order valence-electron chi connectivity index (χ3n) is 6.28. The van der Waals surface area contributed by atoms with Crippen LogP contribution < -0.4 is 0 Å². The minimum atomic E-state index is -0.775. The molecule has 6 atom stereocenters. The number of epoxide rings is 1. The van der Waals surface area contributed by atoms with E-state index >= 15 is 0 Å². The topological polar surface area (TPSA) is 68.3 Å². The molecule has 3 aliphatic rings. The lowest BCUT2D eigenvalue weighted by Crippen LogP contribution is -2.36. The molecule has 5 heteroatoms. The highest BCUT2D eigenvalue weighted by atomic mass is 16.6. The quantitative estimate of drug-likeness (QED) is 0.463. The van der Waals surface area contributed by atoms with E-state index in [0.717, 1.165) is 31.3 Å². The number of hydrogen-bond donors (Lipinski definition) is 1. The SMILES string of the molecule is COC[C@H]1C(=O)O[C@@H]2[C@@H]1C[C@H]1O[C@]1(C)CCC=C(C)CCC=C(C)[C@H]2O. The van der Waals surface area contributed by atoms with Gasteiger partial charge in [0.05, 0.1) is 24.2 Å². The molecule has 0 spiro atoms. The number of esters is 1. The van der Waals surface area contributed by atoms with Crippen molar-refractivity contribution in [3.63, 3.8) is 0 Å². The maximum Gasteiger partial charge on any atom is 0.312 e. The van der Waals surface area contributed by atoms with Crippen LogP contribution in [0.1, 0.15) is 52.9 Å². The van der Waals surface area contributed by atoms with Gasteiger partial charge in [0.25, 0.3) is 0 Å². The van der Waals surface area contributed by atoms with E-state index in [0.29, 0.717) is 13.0 Å². The highest BCUT2D eigenvalue weighted by molar-refractivity contribution is 5.75. The largest absolute Gasteiger partial charge is 0.459 e. The average molecular weight is 364 g/mol. The fraction of sp³-hybridized carbons (Fsp3) is 0.762. The normalized spacial score (nSPS) is 41.3. The summed E-state index contributed by atoms with van der Waals surface area (Å²) in [4.78, 5) is 12.4. The highest BCUT2D eigenvalue weighted by Gasteiger charge is 2.57. The molecule has 2 fully saturated rings. The monoisotopic (exact) mass is 364 g/mol. The number of allylic oxidation sites excluding steroid dienone is 3. The second kappa shape index (κ2) is 7.83. The van der Waals surface area contributed by atoms with E-state index in [1.807, 2.05) is 6.92 Å². The number of ether oxygens (including phenoxy) is 3.